The highest BCUT2D eigenvalue weighted by molar-refractivity contribution is 6.35. The molecule has 0 aliphatic carbocycles. The molecular formula is C19H22N2O3. The van der Waals surface area contributed by atoms with Crippen LogP contribution in [0.15, 0.2) is 54.6 Å². The summed E-state index contributed by atoms with van der Waals surface area (Å²) in [6, 6.07) is 17.2. The number of amides is 2. The minimum atomic E-state index is -0.652. The average Bonchev–Trinajstić information content (AvgIpc) is 2.64. The van der Waals surface area contributed by atoms with Gasteiger partial charge in [0, 0.05) is 18.7 Å². The first-order chi connectivity index (χ1) is 11.6. The molecule has 5 heteroatoms. The molecule has 0 spiro atoms. The average molecular weight is 326 g/mol. The SMILES string of the molecule is COc1ccccc1CNC(=O)C(=O)NC[C@H](C)c1ccccc1. The lowest BCUT2D eigenvalue weighted by Gasteiger charge is -2.13. The number of para-hydroxylation sites is 1. The van der Waals surface area contributed by atoms with Crippen molar-refractivity contribution in [3.63, 3.8) is 0 Å². The Bertz CT molecular complexity index is 686. The quantitative estimate of drug-likeness (QED) is 0.800. The van der Waals surface area contributed by atoms with Crippen molar-refractivity contribution >= 4 is 11.8 Å². The Morgan fingerprint density at radius 1 is 0.958 bits per heavy atom. The van der Waals surface area contributed by atoms with Gasteiger partial charge in [0.15, 0.2) is 0 Å². The molecule has 0 unspecified atom stereocenters. The molecule has 0 radical (unpaired) electrons. The third-order valence-electron chi connectivity index (χ3n) is 3.78. The molecule has 126 valence electrons. The zero-order valence-electron chi connectivity index (χ0n) is 13.9. The first-order valence-electron chi connectivity index (χ1n) is 7.84. The van der Waals surface area contributed by atoms with Crippen LogP contribution in [0.1, 0.15) is 24.0 Å². The van der Waals surface area contributed by atoms with Crippen molar-refractivity contribution in [1.29, 1.82) is 0 Å². The van der Waals surface area contributed by atoms with E-state index in [1.54, 1.807) is 7.11 Å². The fraction of sp³-hybridized carbons (Fsp3) is 0.263. The number of nitrogens with one attached hydrogen (secondary N) is 2. The summed E-state index contributed by atoms with van der Waals surface area (Å²) < 4.78 is 5.21. The number of methoxy groups -OCH3 is 1. The van der Waals surface area contributed by atoms with E-state index in [0.717, 1.165) is 11.1 Å². The molecular weight excluding hydrogens is 304 g/mol. The second-order valence-electron chi connectivity index (χ2n) is 5.52. The third kappa shape index (κ3) is 4.84. The van der Waals surface area contributed by atoms with Gasteiger partial charge in [-0.3, -0.25) is 9.59 Å². The molecule has 2 amide bonds. The molecule has 5 nitrogen and oxygen atoms in total. The summed E-state index contributed by atoms with van der Waals surface area (Å²) >= 11 is 0. The molecule has 0 aromatic heterocycles. The molecule has 0 fully saturated rings. The molecule has 1 atom stereocenters. The van der Waals surface area contributed by atoms with Crippen molar-refractivity contribution in [1.82, 2.24) is 10.6 Å². The standard InChI is InChI=1S/C19H22N2O3/c1-14(15-8-4-3-5-9-15)12-20-18(22)19(23)21-13-16-10-6-7-11-17(16)24-2/h3-11,14H,12-13H2,1-2H3,(H,20,22)(H,21,23)/t14-/m0/s1. The van der Waals surface area contributed by atoms with E-state index < -0.39 is 11.8 Å². The largest absolute Gasteiger partial charge is 0.496 e. The fourth-order valence-electron chi connectivity index (χ4n) is 2.33. The second-order valence-corrected chi connectivity index (χ2v) is 5.52. The van der Waals surface area contributed by atoms with Gasteiger partial charge in [-0.25, -0.2) is 0 Å². The summed E-state index contributed by atoms with van der Waals surface area (Å²) in [4.78, 5) is 23.8. The van der Waals surface area contributed by atoms with Crippen molar-refractivity contribution < 1.29 is 14.3 Å². The maximum absolute atomic E-state index is 11.9. The zero-order chi connectivity index (χ0) is 17.4. The molecule has 0 aliphatic rings. The highest BCUT2D eigenvalue weighted by atomic mass is 16.5. The number of carbonyl (C=O) groups is 2. The van der Waals surface area contributed by atoms with Crippen LogP contribution in [0.4, 0.5) is 0 Å². The Kier molecular flexibility index (Phi) is 6.37. The van der Waals surface area contributed by atoms with Crippen molar-refractivity contribution in [2.75, 3.05) is 13.7 Å². The van der Waals surface area contributed by atoms with Crippen LogP contribution in [0.5, 0.6) is 5.75 Å². The Hall–Kier alpha value is -2.82. The van der Waals surface area contributed by atoms with Gasteiger partial charge in [0.25, 0.3) is 0 Å². The Labute approximate surface area is 142 Å². The number of carbonyl (C=O) groups excluding carboxylic acids is 2. The van der Waals surface area contributed by atoms with Gasteiger partial charge in [0.05, 0.1) is 7.11 Å². The molecule has 2 rings (SSSR count). The minimum Gasteiger partial charge on any atom is -0.496 e. The zero-order valence-corrected chi connectivity index (χ0v) is 13.9. The van der Waals surface area contributed by atoms with Crippen LogP contribution in [0.25, 0.3) is 0 Å². The fourth-order valence-corrected chi connectivity index (χ4v) is 2.33. The molecule has 2 aromatic carbocycles. The number of ether oxygens (including phenoxy) is 1. The van der Waals surface area contributed by atoms with Crippen molar-refractivity contribution in [2.24, 2.45) is 0 Å². The smallest absolute Gasteiger partial charge is 0.309 e. The first kappa shape index (κ1) is 17.5. The summed E-state index contributed by atoms with van der Waals surface area (Å²) in [5.41, 5.74) is 1.94. The van der Waals surface area contributed by atoms with Crippen LogP contribution >= 0.6 is 0 Å². The van der Waals surface area contributed by atoms with Crippen molar-refractivity contribution in [2.45, 2.75) is 19.4 Å². The number of hydrogen-bond donors (Lipinski definition) is 2. The monoisotopic (exact) mass is 326 g/mol. The predicted molar refractivity (Wildman–Crippen MR) is 92.7 cm³/mol. The van der Waals surface area contributed by atoms with Crippen LogP contribution < -0.4 is 15.4 Å². The van der Waals surface area contributed by atoms with Crippen LogP contribution in [-0.2, 0) is 16.1 Å². The maximum Gasteiger partial charge on any atom is 0.309 e. The number of rotatable bonds is 6. The topological polar surface area (TPSA) is 67.4 Å². The molecule has 2 N–H and O–H groups in total. The van der Waals surface area contributed by atoms with Gasteiger partial charge < -0.3 is 15.4 Å². The lowest BCUT2D eigenvalue weighted by molar-refractivity contribution is -0.139. The Morgan fingerprint density at radius 3 is 2.29 bits per heavy atom. The van der Waals surface area contributed by atoms with Gasteiger partial charge >= 0.3 is 11.8 Å². The van der Waals surface area contributed by atoms with Crippen LogP contribution in [0, 0.1) is 0 Å². The van der Waals surface area contributed by atoms with Crippen molar-refractivity contribution in [3.8, 4) is 5.75 Å². The lowest BCUT2D eigenvalue weighted by atomic mass is 10.0. The first-order valence-corrected chi connectivity index (χ1v) is 7.84. The van der Waals surface area contributed by atoms with Crippen LogP contribution in [0.3, 0.4) is 0 Å². The molecule has 0 saturated carbocycles. The van der Waals surface area contributed by atoms with Crippen molar-refractivity contribution in [3.05, 3.63) is 65.7 Å². The highest BCUT2D eigenvalue weighted by Crippen LogP contribution is 2.16. The molecule has 0 heterocycles. The van der Waals surface area contributed by atoms with E-state index in [2.05, 4.69) is 10.6 Å². The molecule has 0 bridgehead atoms. The molecule has 0 saturated heterocycles. The molecule has 24 heavy (non-hydrogen) atoms. The number of hydrogen-bond acceptors (Lipinski definition) is 3. The van der Waals surface area contributed by atoms with E-state index in [0.29, 0.717) is 12.3 Å². The summed E-state index contributed by atoms with van der Waals surface area (Å²) in [5, 5.41) is 5.27. The van der Waals surface area contributed by atoms with Gasteiger partial charge in [-0.1, -0.05) is 55.5 Å². The Morgan fingerprint density at radius 2 is 1.58 bits per heavy atom. The van der Waals surface area contributed by atoms with Gasteiger partial charge in [-0.05, 0) is 17.5 Å². The normalized spacial score (nSPS) is 11.4. The van der Waals surface area contributed by atoms with E-state index >= 15 is 0 Å². The Balaban J connectivity index is 1.81. The summed E-state index contributed by atoms with van der Waals surface area (Å²) in [7, 11) is 1.57. The van der Waals surface area contributed by atoms with Gasteiger partial charge in [-0.2, -0.15) is 0 Å². The van der Waals surface area contributed by atoms with E-state index in [-0.39, 0.29) is 12.5 Å². The highest BCUT2D eigenvalue weighted by Gasteiger charge is 2.15. The number of benzene rings is 2. The molecule has 0 aliphatic heterocycles. The van der Waals surface area contributed by atoms with E-state index in [9.17, 15) is 9.59 Å². The minimum absolute atomic E-state index is 0.136. The van der Waals surface area contributed by atoms with Crippen LogP contribution in [0.2, 0.25) is 0 Å². The third-order valence-corrected chi connectivity index (χ3v) is 3.78. The van der Waals surface area contributed by atoms with Gasteiger partial charge in [-0.15, -0.1) is 0 Å². The van der Waals surface area contributed by atoms with Gasteiger partial charge in [0.2, 0.25) is 0 Å². The second kappa shape index (κ2) is 8.72. The lowest BCUT2D eigenvalue weighted by Crippen LogP contribution is -2.40. The van der Waals surface area contributed by atoms with Gasteiger partial charge in [0.1, 0.15) is 5.75 Å². The van der Waals surface area contributed by atoms with E-state index in [1.165, 1.54) is 0 Å². The summed E-state index contributed by atoms with van der Waals surface area (Å²) in [6.45, 7) is 2.65. The maximum atomic E-state index is 11.9. The molecule has 2 aromatic rings. The summed E-state index contributed by atoms with van der Waals surface area (Å²) in [6.07, 6.45) is 0. The summed E-state index contributed by atoms with van der Waals surface area (Å²) in [5.74, 6) is -0.470. The van der Waals surface area contributed by atoms with E-state index in [1.807, 2.05) is 61.5 Å². The predicted octanol–water partition coefficient (Wildman–Crippen LogP) is 2.23. The van der Waals surface area contributed by atoms with Crippen LogP contribution in [-0.4, -0.2) is 25.5 Å². The van der Waals surface area contributed by atoms with E-state index in [4.69, 9.17) is 4.74 Å².